The van der Waals surface area contributed by atoms with Gasteiger partial charge in [-0.15, -0.1) is 0 Å². The van der Waals surface area contributed by atoms with Gasteiger partial charge in [-0.2, -0.15) is 5.10 Å². The van der Waals surface area contributed by atoms with Crippen molar-refractivity contribution in [3.8, 4) is 5.75 Å². The zero-order valence-electron chi connectivity index (χ0n) is 12.2. The maximum absolute atomic E-state index is 11.6. The molecular weight excluding hydrogens is 300 g/mol. The van der Waals surface area contributed by atoms with Gasteiger partial charge in [-0.1, -0.05) is 17.7 Å². The second kappa shape index (κ2) is 7.03. The van der Waals surface area contributed by atoms with Gasteiger partial charge in [0.25, 0.3) is 0 Å². The number of phenols is 1. The number of aromatic hydroxyl groups is 1. The van der Waals surface area contributed by atoms with Crippen molar-refractivity contribution in [2.75, 3.05) is 5.32 Å². The van der Waals surface area contributed by atoms with E-state index in [9.17, 15) is 20.0 Å². The molecule has 0 heterocycles. The second-order valence-electron chi connectivity index (χ2n) is 4.70. The number of hydrazone groups is 1. The molecule has 0 unspecified atom stereocenters. The molecule has 0 atom stereocenters. The van der Waals surface area contributed by atoms with Gasteiger partial charge in [0.1, 0.15) is 0 Å². The van der Waals surface area contributed by atoms with Crippen molar-refractivity contribution in [1.82, 2.24) is 5.43 Å². The smallest absolute Gasteiger partial charge is 0.339 e. The van der Waals surface area contributed by atoms with Gasteiger partial charge in [0.05, 0.1) is 11.1 Å². The van der Waals surface area contributed by atoms with Crippen LogP contribution in [-0.4, -0.2) is 22.3 Å². The summed E-state index contributed by atoms with van der Waals surface area (Å²) in [6, 6.07) is 10.4. The fourth-order valence-electron chi connectivity index (χ4n) is 1.73. The molecule has 0 saturated carbocycles. The van der Waals surface area contributed by atoms with Gasteiger partial charge in [0.15, 0.2) is 5.75 Å². The number of nitrogens with zero attached hydrogens (tertiary/aromatic N) is 2. The predicted octanol–water partition coefficient (Wildman–Crippen LogP) is 2.76. The monoisotopic (exact) mass is 314 g/mol. The van der Waals surface area contributed by atoms with Gasteiger partial charge in [-0.25, -0.2) is 10.2 Å². The Bertz CT molecular complexity index is 757. The highest BCUT2D eigenvalue weighted by atomic mass is 16.6. The number of rotatable bonds is 4. The van der Waals surface area contributed by atoms with Crippen molar-refractivity contribution in [3.63, 3.8) is 0 Å². The first-order chi connectivity index (χ1) is 11.0. The average molecular weight is 314 g/mol. The molecule has 2 amide bonds. The van der Waals surface area contributed by atoms with E-state index in [2.05, 4.69) is 15.8 Å². The maximum atomic E-state index is 11.6. The molecule has 0 bridgehead atoms. The number of hydrogen-bond acceptors (Lipinski definition) is 5. The van der Waals surface area contributed by atoms with Crippen LogP contribution < -0.4 is 10.7 Å². The van der Waals surface area contributed by atoms with Crippen LogP contribution in [0.2, 0.25) is 0 Å². The van der Waals surface area contributed by atoms with E-state index in [1.54, 1.807) is 12.1 Å². The van der Waals surface area contributed by atoms with E-state index in [0.29, 0.717) is 11.3 Å². The number of benzene rings is 2. The summed E-state index contributed by atoms with van der Waals surface area (Å²) in [6.45, 7) is 1.94. The highest BCUT2D eigenvalue weighted by Gasteiger charge is 2.12. The van der Waals surface area contributed by atoms with E-state index in [-0.39, 0.29) is 0 Å². The van der Waals surface area contributed by atoms with Crippen LogP contribution in [0, 0.1) is 17.0 Å². The first-order valence-corrected chi connectivity index (χ1v) is 6.60. The molecule has 0 radical (unpaired) electrons. The lowest BCUT2D eigenvalue weighted by Gasteiger charge is -2.04. The van der Waals surface area contributed by atoms with Crippen molar-refractivity contribution in [1.29, 1.82) is 0 Å². The predicted molar refractivity (Wildman–Crippen MR) is 85.7 cm³/mol. The van der Waals surface area contributed by atoms with E-state index in [0.717, 1.165) is 11.6 Å². The molecule has 3 N–H and O–H groups in total. The van der Waals surface area contributed by atoms with Gasteiger partial charge in [-0.3, -0.25) is 10.1 Å². The highest BCUT2D eigenvalue weighted by Crippen LogP contribution is 2.25. The number of amides is 2. The Balaban J connectivity index is 1.96. The first kappa shape index (κ1) is 16.0. The molecule has 0 aliphatic rings. The molecule has 8 nitrogen and oxygen atoms in total. The van der Waals surface area contributed by atoms with Gasteiger partial charge < -0.3 is 10.4 Å². The standard InChI is InChI=1S/C15H14N4O4/c1-10-2-5-12(6-3-10)17-15(21)18-16-9-11-4-7-14(20)13(8-11)19(22)23/h2-9,20H,1H3,(H2,17,18,21)/b16-9+. The van der Waals surface area contributed by atoms with Crippen molar-refractivity contribution < 1.29 is 14.8 Å². The summed E-state index contributed by atoms with van der Waals surface area (Å²) in [7, 11) is 0. The Hall–Kier alpha value is -3.42. The molecule has 2 aromatic carbocycles. The van der Waals surface area contributed by atoms with E-state index >= 15 is 0 Å². The third kappa shape index (κ3) is 4.53. The Morgan fingerprint density at radius 3 is 2.61 bits per heavy atom. The molecule has 8 heteroatoms. The molecular formula is C15H14N4O4. The molecule has 118 valence electrons. The SMILES string of the molecule is Cc1ccc(NC(=O)N/N=C/c2ccc(O)c([N+](=O)[O-])c2)cc1. The largest absolute Gasteiger partial charge is 0.502 e. The number of hydrogen-bond donors (Lipinski definition) is 3. The van der Waals surface area contributed by atoms with Crippen LogP contribution in [-0.2, 0) is 0 Å². The minimum Gasteiger partial charge on any atom is -0.502 e. The summed E-state index contributed by atoms with van der Waals surface area (Å²) in [5.74, 6) is -0.433. The maximum Gasteiger partial charge on any atom is 0.339 e. The Morgan fingerprint density at radius 2 is 1.96 bits per heavy atom. The third-order valence-electron chi connectivity index (χ3n) is 2.89. The van der Waals surface area contributed by atoms with Gasteiger partial charge in [0.2, 0.25) is 0 Å². The lowest BCUT2D eigenvalue weighted by molar-refractivity contribution is -0.385. The van der Waals surface area contributed by atoms with Crippen LogP contribution in [0.15, 0.2) is 47.6 Å². The summed E-state index contributed by atoms with van der Waals surface area (Å²) in [5.41, 5.74) is 3.86. The van der Waals surface area contributed by atoms with Crippen LogP contribution in [0.5, 0.6) is 5.75 Å². The number of nitrogens with one attached hydrogen (secondary N) is 2. The van der Waals surface area contributed by atoms with Crippen LogP contribution in [0.25, 0.3) is 0 Å². The van der Waals surface area contributed by atoms with Crippen molar-refractivity contribution in [2.45, 2.75) is 6.92 Å². The van der Waals surface area contributed by atoms with E-state index in [4.69, 9.17) is 0 Å². The number of carbonyl (C=O) groups is 1. The number of nitro groups is 1. The molecule has 0 saturated heterocycles. The molecule has 0 aliphatic carbocycles. The summed E-state index contributed by atoms with van der Waals surface area (Å²) in [6.07, 6.45) is 1.24. The van der Waals surface area contributed by atoms with Crippen molar-refractivity contribution in [3.05, 3.63) is 63.7 Å². The molecule has 2 rings (SSSR count). The van der Waals surface area contributed by atoms with E-state index in [1.165, 1.54) is 18.3 Å². The molecule has 2 aromatic rings. The quantitative estimate of drug-likeness (QED) is 0.457. The summed E-state index contributed by atoms with van der Waals surface area (Å²) < 4.78 is 0. The Kier molecular flexibility index (Phi) is 4.88. The lowest BCUT2D eigenvalue weighted by Crippen LogP contribution is -2.24. The van der Waals surface area contributed by atoms with Gasteiger partial charge in [0, 0.05) is 17.3 Å². The van der Waals surface area contributed by atoms with E-state index < -0.39 is 22.4 Å². The number of urea groups is 1. The molecule has 0 spiro atoms. The highest BCUT2D eigenvalue weighted by molar-refractivity contribution is 5.90. The lowest BCUT2D eigenvalue weighted by atomic mass is 10.2. The number of phenolic OH excluding ortho intramolecular Hbond substituents is 1. The van der Waals surface area contributed by atoms with Gasteiger partial charge >= 0.3 is 11.7 Å². The molecule has 0 fully saturated rings. The number of nitro benzene ring substituents is 1. The zero-order valence-corrected chi connectivity index (χ0v) is 12.2. The number of anilines is 1. The molecule has 23 heavy (non-hydrogen) atoms. The second-order valence-corrected chi connectivity index (χ2v) is 4.70. The minimum atomic E-state index is -0.704. The van der Waals surface area contributed by atoms with Crippen LogP contribution >= 0.6 is 0 Å². The van der Waals surface area contributed by atoms with Crippen LogP contribution in [0.3, 0.4) is 0 Å². The molecule has 0 aromatic heterocycles. The normalized spacial score (nSPS) is 10.5. The first-order valence-electron chi connectivity index (χ1n) is 6.60. The average Bonchev–Trinajstić information content (AvgIpc) is 2.51. The van der Waals surface area contributed by atoms with Crippen LogP contribution in [0.4, 0.5) is 16.2 Å². The molecule has 0 aliphatic heterocycles. The van der Waals surface area contributed by atoms with Crippen molar-refractivity contribution in [2.24, 2.45) is 5.10 Å². The number of aryl methyl sites for hydroxylation is 1. The summed E-state index contributed by atoms with van der Waals surface area (Å²) in [4.78, 5) is 21.6. The fourth-order valence-corrected chi connectivity index (χ4v) is 1.73. The Morgan fingerprint density at radius 1 is 1.26 bits per heavy atom. The topological polar surface area (TPSA) is 117 Å². The minimum absolute atomic E-state index is 0.366. The third-order valence-corrected chi connectivity index (χ3v) is 2.89. The number of carbonyl (C=O) groups excluding carboxylic acids is 1. The van der Waals surface area contributed by atoms with Gasteiger partial charge in [-0.05, 0) is 31.2 Å². The van der Waals surface area contributed by atoms with E-state index in [1.807, 2.05) is 19.1 Å². The fraction of sp³-hybridized carbons (Fsp3) is 0.0667. The summed E-state index contributed by atoms with van der Waals surface area (Å²) >= 11 is 0. The van der Waals surface area contributed by atoms with Crippen molar-refractivity contribution >= 4 is 23.6 Å². The Labute approximate surface area is 131 Å². The summed E-state index contributed by atoms with van der Waals surface area (Å²) in [5, 5.41) is 26.3. The zero-order chi connectivity index (χ0) is 16.8. The van der Waals surface area contributed by atoms with Crippen LogP contribution in [0.1, 0.15) is 11.1 Å².